The second kappa shape index (κ2) is 12.7. The van der Waals surface area contributed by atoms with Crippen LogP contribution in [0.25, 0.3) is 0 Å². The lowest BCUT2D eigenvalue weighted by molar-refractivity contribution is -0.123. The number of rotatable bonds is 2. The average molecular weight is 266 g/mol. The lowest BCUT2D eigenvalue weighted by Gasteiger charge is -2.17. The van der Waals surface area contributed by atoms with Crippen LogP contribution in [0.4, 0.5) is 13.2 Å². The van der Waals surface area contributed by atoms with Gasteiger partial charge in [-0.15, -0.1) is 0 Å². The van der Waals surface area contributed by atoms with Crippen molar-refractivity contribution < 1.29 is 13.2 Å². The molecule has 0 atom stereocenters. The van der Waals surface area contributed by atoms with E-state index < -0.39 is 12.7 Å². The van der Waals surface area contributed by atoms with Gasteiger partial charge in [0.05, 0.1) is 12.6 Å². The second-order valence-corrected chi connectivity index (χ2v) is 4.01. The Balaban J connectivity index is 0. The van der Waals surface area contributed by atoms with Gasteiger partial charge in [0.15, 0.2) is 0 Å². The third-order valence-electron chi connectivity index (χ3n) is 2.48. The molecule has 1 aliphatic carbocycles. The molecular weight excluding hydrogens is 241 g/mol. The van der Waals surface area contributed by atoms with Crippen LogP contribution in [0.3, 0.4) is 0 Å². The number of nitrogens with one attached hydrogen (secondary N) is 1. The molecule has 0 heterocycles. The Labute approximate surface area is 109 Å². The number of hydrogen-bond acceptors (Lipinski definition) is 2. The molecule has 0 aromatic heterocycles. The van der Waals surface area contributed by atoms with Gasteiger partial charge >= 0.3 is 6.18 Å². The zero-order valence-electron chi connectivity index (χ0n) is 11.6. The monoisotopic (exact) mass is 266 g/mol. The summed E-state index contributed by atoms with van der Waals surface area (Å²) in [4.78, 5) is 0. The van der Waals surface area contributed by atoms with Crippen molar-refractivity contribution in [2.75, 3.05) is 13.6 Å². The van der Waals surface area contributed by atoms with Crippen molar-refractivity contribution in [3.63, 3.8) is 0 Å². The highest BCUT2D eigenvalue weighted by atomic mass is 19.4. The molecule has 1 N–H and O–H groups in total. The molecule has 0 amide bonds. The lowest BCUT2D eigenvalue weighted by atomic mass is 9.87. The van der Waals surface area contributed by atoms with Gasteiger partial charge in [-0.25, -0.2) is 0 Å². The Morgan fingerprint density at radius 3 is 1.94 bits per heavy atom. The van der Waals surface area contributed by atoms with E-state index in [2.05, 4.69) is 6.07 Å². The minimum Gasteiger partial charge on any atom is -0.312 e. The maximum atomic E-state index is 11.0. The summed E-state index contributed by atoms with van der Waals surface area (Å²) in [5, 5.41) is 10.4. The molecule has 0 aromatic rings. The molecule has 0 spiro atoms. The number of alkyl halides is 3. The van der Waals surface area contributed by atoms with Gasteiger partial charge in [0, 0.05) is 6.42 Å². The van der Waals surface area contributed by atoms with Gasteiger partial charge in [-0.3, -0.25) is 0 Å². The van der Waals surface area contributed by atoms with Crippen molar-refractivity contribution >= 4 is 0 Å². The number of halogens is 3. The Bertz CT molecular complexity index is 203. The highest BCUT2D eigenvalue weighted by molar-refractivity contribution is 4.77. The van der Waals surface area contributed by atoms with Crippen LogP contribution in [-0.2, 0) is 0 Å². The molecule has 5 heteroatoms. The summed E-state index contributed by atoms with van der Waals surface area (Å²) in [5.41, 5.74) is 0. The van der Waals surface area contributed by atoms with Crippen LogP contribution in [0.15, 0.2) is 0 Å². The van der Waals surface area contributed by atoms with Crippen molar-refractivity contribution in [1.82, 2.24) is 5.32 Å². The number of nitrogens with zero attached hydrogens (tertiary/aromatic N) is 1. The van der Waals surface area contributed by atoms with Gasteiger partial charge in [0.2, 0.25) is 0 Å². The zero-order valence-corrected chi connectivity index (χ0v) is 11.6. The predicted molar refractivity (Wildman–Crippen MR) is 68.1 cm³/mol. The molecule has 1 rings (SSSR count). The van der Waals surface area contributed by atoms with Crippen molar-refractivity contribution in [3.05, 3.63) is 0 Å². The third kappa shape index (κ3) is 15.2. The summed E-state index contributed by atoms with van der Waals surface area (Å²) < 4.78 is 33.0. The topological polar surface area (TPSA) is 35.8 Å². The standard InChI is InChI=1S/C8H13N.C3H6F3N.C2H6/c9-7-6-8-4-2-1-3-5-8;1-7-2-3(4,5)6;1-2/h8H,1-6H2;7H,2H2,1H3;1-2H3. The van der Waals surface area contributed by atoms with E-state index in [0.29, 0.717) is 0 Å². The van der Waals surface area contributed by atoms with Crippen molar-refractivity contribution in [3.8, 4) is 6.07 Å². The maximum Gasteiger partial charge on any atom is 0.401 e. The van der Waals surface area contributed by atoms with Crippen molar-refractivity contribution in [2.24, 2.45) is 5.92 Å². The van der Waals surface area contributed by atoms with Crippen LogP contribution in [0.5, 0.6) is 0 Å². The van der Waals surface area contributed by atoms with E-state index in [1.54, 1.807) is 0 Å². The SMILES string of the molecule is CC.CNCC(F)(F)F.N#CCC1CCCCC1. The van der Waals surface area contributed by atoms with Gasteiger partial charge in [-0.2, -0.15) is 18.4 Å². The van der Waals surface area contributed by atoms with Crippen LogP contribution in [-0.4, -0.2) is 19.8 Å². The fourth-order valence-corrected chi connectivity index (χ4v) is 1.72. The van der Waals surface area contributed by atoms with Gasteiger partial charge in [0.25, 0.3) is 0 Å². The molecule has 0 saturated heterocycles. The molecule has 0 aromatic carbocycles. The van der Waals surface area contributed by atoms with Crippen LogP contribution in [0, 0.1) is 17.2 Å². The summed E-state index contributed by atoms with van der Waals surface area (Å²) >= 11 is 0. The summed E-state index contributed by atoms with van der Waals surface area (Å²) in [6.07, 6.45) is 3.43. The van der Waals surface area contributed by atoms with Gasteiger partial charge < -0.3 is 5.32 Å². The molecule has 0 bridgehead atoms. The Kier molecular flexibility index (Phi) is 13.8. The van der Waals surface area contributed by atoms with Crippen LogP contribution in [0.2, 0.25) is 0 Å². The molecule has 0 radical (unpaired) electrons. The predicted octanol–water partition coefficient (Wildman–Crippen LogP) is 4.27. The molecule has 18 heavy (non-hydrogen) atoms. The Morgan fingerprint density at radius 2 is 1.67 bits per heavy atom. The highest BCUT2D eigenvalue weighted by Crippen LogP contribution is 2.25. The fraction of sp³-hybridized carbons (Fsp3) is 0.923. The van der Waals surface area contributed by atoms with Crippen LogP contribution < -0.4 is 5.32 Å². The molecule has 2 nitrogen and oxygen atoms in total. The Hall–Kier alpha value is -0.760. The molecule has 0 unspecified atom stereocenters. The minimum absolute atomic E-state index is 0.740. The second-order valence-electron chi connectivity index (χ2n) is 4.01. The van der Waals surface area contributed by atoms with E-state index >= 15 is 0 Å². The molecule has 1 saturated carbocycles. The van der Waals surface area contributed by atoms with E-state index in [4.69, 9.17) is 5.26 Å². The van der Waals surface area contributed by atoms with Gasteiger partial charge in [-0.05, 0) is 25.8 Å². The third-order valence-corrected chi connectivity index (χ3v) is 2.48. The smallest absolute Gasteiger partial charge is 0.312 e. The van der Waals surface area contributed by atoms with E-state index in [1.165, 1.54) is 39.2 Å². The van der Waals surface area contributed by atoms with Crippen LogP contribution >= 0.6 is 0 Å². The van der Waals surface area contributed by atoms with Crippen LogP contribution in [0.1, 0.15) is 52.4 Å². The van der Waals surface area contributed by atoms with E-state index in [1.807, 2.05) is 19.2 Å². The Morgan fingerprint density at radius 1 is 1.17 bits per heavy atom. The van der Waals surface area contributed by atoms with Crippen molar-refractivity contribution in [2.45, 2.75) is 58.5 Å². The first kappa shape index (κ1) is 19.6. The number of hydrogen-bond donors (Lipinski definition) is 1. The van der Waals surface area contributed by atoms with E-state index in [0.717, 1.165) is 12.3 Å². The maximum absolute atomic E-state index is 11.0. The molecule has 1 aliphatic rings. The van der Waals surface area contributed by atoms with E-state index in [-0.39, 0.29) is 0 Å². The van der Waals surface area contributed by atoms with E-state index in [9.17, 15) is 13.2 Å². The highest BCUT2D eigenvalue weighted by Gasteiger charge is 2.24. The normalized spacial score (nSPS) is 15.6. The quantitative estimate of drug-likeness (QED) is 0.810. The molecular formula is C13H25F3N2. The summed E-state index contributed by atoms with van der Waals surface area (Å²) in [7, 11) is 1.26. The largest absolute Gasteiger partial charge is 0.401 e. The molecule has 0 aliphatic heterocycles. The number of nitriles is 1. The lowest BCUT2D eigenvalue weighted by Crippen LogP contribution is -2.25. The van der Waals surface area contributed by atoms with Gasteiger partial charge in [0.1, 0.15) is 0 Å². The minimum atomic E-state index is -4.06. The summed E-state index contributed by atoms with van der Waals surface area (Å²) in [6.45, 7) is 3.09. The summed E-state index contributed by atoms with van der Waals surface area (Å²) in [6, 6.07) is 2.24. The summed E-state index contributed by atoms with van der Waals surface area (Å²) in [5.74, 6) is 0.740. The fourth-order valence-electron chi connectivity index (χ4n) is 1.72. The first-order valence-electron chi connectivity index (χ1n) is 6.58. The zero-order chi connectivity index (χ0) is 14.4. The first-order valence-corrected chi connectivity index (χ1v) is 6.58. The molecule has 1 fully saturated rings. The van der Waals surface area contributed by atoms with Gasteiger partial charge in [-0.1, -0.05) is 33.1 Å². The average Bonchev–Trinajstić information content (AvgIpc) is 2.33. The molecule has 108 valence electrons. The first-order chi connectivity index (χ1) is 8.49. The van der Waals surface area contributed by atoms with Crippen molar-refractivity contribution in [1.29, 1.82) is 5.26 Å².